The third-order valence-corrected chi connectivity index (χ3v) is 2.31. The predicted molar refractivity (Wildman–Crippen MR) is 48.4 cm³/mol. The summed E-state index contributed by atoms with van der Waals surface area (Å²) in [5.74, 6) is -0.578. The summed E-state index contributed by atoms with van der Waals surface area (Å²) in [5.41, 5.74) is 1.89. The van der Waals surface area contributed by atoms with Crippen molar-refractivity contribution in [2.24, 2.45) is 0 Å². The normalized spacial score (nSPS) is 13.8. The minimum absolute atomic E-state index is 0.225. The molecule has 4 nitrogen and oxygen atoms in total. The van der Waals surface area contributed by atoms with E-state index in [1.807, 2.05) is 6.07 Å². The van der Waals surface area contributed by atoms with E-state index in [4.69, 9.17) is 14.6 Å². The van der Waals surface area contributed by atoms with Gasteiger partial charge in [0.1, 0.15) is 11.3 Å². The molecule has 0 saturated carbocycles. The molecule has 0 saturated heterocycles. The lowest BCUT2D eigenvalue weighted by molar-refractivity contribution is 0.0688. The maximum Gasteiger partial charge on any atom is 0.339 e. The Balaban J connectivity index is 2.62. The Bertz CT molecular complexity index is 384. The van der Waals surface area contributed by atoms with Gasteiger partial charge in [-0.2, -0.15) is 0 Å². The van der Waals surface area contributed by atoms with Gasteiger partial charge in [0, 0.05) is 5.56 Å². The molecule has 0 aliphatic carbocycles. The highest BCUT2D eigenvalue weighted by Gasteiger charge is 2.23. The summed E-state index contributed by atoms with van der Waals surface area (Å²) in [4.78, 5) is 11.0. The fraction of sp³-hybridized carbons (Fsp3) is 0.300. The zero-order valence-electron chi connectivity index (χ0n) is 7.74. The second-order valence-corrected chi connectivity index (χ2v) is 3.08. The van der Waals surface area contributed by atoms with Crippen molar-refractivity contribution in [3.8, 4) is 5.75 Å². The first kappa shape index (κ1) is 9.02. The number of carboxylic acid groups (broad SMARTS) is 1. The number of methoxy groups -OCH3 is 1. The summed E-state index contributed by atoms with van der Waals surface area (Å²) >= 11 is 0. The molecule has 2 rings (SSSR count). The van der Waals surface area contributed by atoms with Crippen LogP contribution in [0.25, 0.3) is 0 Å². The molecular weight excluding hydrogens is 184 g/mol. The SMILES string of the molecule is COc1ccc2c(c1C(=O)O)COC2. The molecule has 0 aromatic heterocycles. The molecular formula is C10H10O4. The Hall–Kier alpha value is -1.55. The zero-order valence-corrected chi connectivity index (χ0v) is 7.74. The van der Waals surface area contributed by atoms with Crippen LogP contribution in [0.1, 0.15) is 21.5 Å². The van der Waals surface area contributed by atoms with E-state index in [2.05, 4.69) is 0 Å². The average Bonchev–Trinajstić information content (AvgIpc) is 2.62. The number of carbonyl (C=O) groups is 1. The van der Waals surface area contributed by atoms with Crippen molar-refractivity contribution in [3.05, 3.63) is 28.8 Å². The number of aromatic carboxylic acids is 1. The first-order valence-electron chi connectivity index (χ1n) is 4.24. The summed E-state index contributed by atoms with van der Waals surface area (Å²) in [6.07, 6.45) is 0. The smallest absolute Gasteiger partial charge is 0.339 e. The lowest BCUT2D eigenvalue weighted by Gasteiger charge is -2.08. The van der Waals surface area contributed by atoms with Gasteiger partial charge in [0.2, 0.25) is 0 Å². The summed E-state index contributed by atoms with van der Waals surface area (Å²) in [7, 11) is 1.46. The van der Waals surface area contributed by atoms with E-state index < -0.39 is 5.97 Å². The van der Waals surface area contributed by atoms with Gasteiger partial charge in [-0.3, -0.25) is 0 Å². The number of hydrogen-bond acceptors (Lipinski definition) is 3. The van der Waals surface area contributed by atoms with Gasteiger partial charge in [-0.05, 0) is 11.6 Å². The number of fused-ring (bicyclic) bond motifs is 1. The predicted octanol–water partition coefficient (Wildman–Crippen LogP) is 1.42. The van der Waals surface area contributed by atoms with E-state index in [1.54, 1.807) is 6.07 Å². The molecule has 1 N–H and O–H groups in total. The molecule has 4 heteroatoms. The van der Waals surface area contributed by atoms with Crippen molar-refractivity contribution in [1.29, 1.82) is 0 Å². The Morgan fingerprint density at radius 2 is 2.29 bits per heavy atom. The number of ether oxygens (including phenoxy) is 2. The van der Waals surface area contributed by atoms with Crippen LogP contribution >= 0.6 is 0 Å². The Labute approximate surface area is 81.1 Å². The zero-order chi connectivity index (χ0) is 10.1. The first-order valence-corrected chi connectivity index (χ1v) is 4.24. The first-order chi connectivity index (χ1) is 6.74. The van der Waals surface area contributed by atoms with E-state index in [9.17, 15) is 4.79 Å². The molecule has 1 aromatic rings. The highest BCUT2D eigenvalue weighted by molar-refractivity contribution is 5.93. The molecule has 74 valence electrons. The second-order valence-electron chi connectivity index (χ2n) is 3.08. The highest BCUT2D eigenvalue weighted by atomic mass is 16.5. The second kappa shape index (κ2) is 3.31. The summed E-state index contributed by atoms with van der Waals surface area (Å²) in [5, 5.41) is 9.03. The molecule has 1 aromatic carbocycles. The van der Waals surface area contributed by atoms with Crippen molar-refractivity contribution in [1.82, 2.24) is 0 Å². The Morgan fingerprint density at radius 1 is 1.50 bits per heavy atom. The van der Waals surface area contributed by atoms with Crippen LogP contribution in [-0.2, 0) is 18.0 Å². The molecule has 1 aliphatic rings. The van der Waals surface area contributed by atoms with Crippen LogP contribution < -0.4 is 4.74 Å². The lowest BCUT2D eigenvalue weighted by Crippen LogP contribution is -2.05. The van der Waals surface area contributed by atoms with Gasteiger partial charge in [0.05, 0.1) is 20.3 Å². The topological polar surface area (TPSA) is 55.8 Å². The van der Waals surface area contributed by atoms with E-state index in [-0.39, 0.29) is 5.56 Å². The van der Waals surface area contributed by atoms with Crippen LogP contribution in [0.2, 0.25) is 0 Å². The quantitative estimate of drug-likeness (QED) is 0.773. The van der Waals surface area contributed by atoms with Gasteiger partial charge >= 0.3 is 5.97 Å². The molecule has 1 aliphatic heterocycles. The largest absolute Gasteiger partial charge is 0.496 e. The summed E-state index contributed by atoms with van der Waals surface area (Å²) in [6, 6.07) is 3.50. The third kappa shape index (κ3) is 1.24. The van der Waals surface area contributed by atoms with E-state index >= 15 is 0 Å². The van der Waals surface area contributed by atoms with Crippen LogP contribution in [0.3, 0.4) is 0 Å². The van der Waals surface area contributed by atoms with E-state index in [1.165, 1.54) is 7.11 Å². The minimum Gasteiger partial charge on any atom is -0.496 e. The van der Waals surface area contributed by atoms with Crippen LogP contribution in [0.15, 0.2) is 12.1 Å². The van der Waals surface area contributed by atoms with Gasteiger partial charge in [-0.25, -0.2) is 4.79 Å². The molecule has 0 bridgehead atoms. The summed E-state index contributed by atoms with van der Waals surface area (Å²) < 4.78 is 10.2. The van der Waals surface area contributed by atoms with Crippen molar-refractivity contribution < 1.29 is 19.4 Å². The number of rotatable bonds is 2. The van der Waals surface area contributed by atoms with Crippen LogP contribution in [0.5, 0.6) is 5.75 Å². The molecule has 0 unspecified atom stereocenters. The molecule has 0 radical (unpaired) electrons. The standard InChI is InChI=1S/C10H10O4/c1-13-8-3-2-6-4-14-5-7(6)9(8)10(11)12/h2-3H,4-5H2,1H3,(H,11,12). The van der Waals surface area contributed by atoms with Crippen molar-refractivity contribution in [3.63, 3.8) is 0 Å². The molecule has 0 spiro atoms. The van der Waals surface area contributed by atoms with Crippen molar-refractivity contribution >= 4 is 5.97 Å². The molecule has 0 fully saturated rings. The van der Waals surface area contributed by atoms with Crippen LogP contribution in [0.4, 0.5) is 0 Å². The third-order valence-electron chi connectivity index (χ3n) is 2.31. The fourth-order valence-electron chi connectivity index (χ4n) is 1.64. The van der Waals surface area contributed by atoms with Crippen LogP contribution in [-0.4, -0.2) is 18.2 Å². The maximum absolute atomic E-state index is 11.0. The van der Waals surface area contributed by atoms with Crippen molar-refractivity contribution in [2.45, 2.75) is 13.2 Å². The molecule has 1 heterocycles. The van der Waals surface area contributed by atoms with E-state index in [0.29, 0.717) is 19.0 Å². The maximum atomic E-state index is 11.0. The lowest BCUT2D eigenvalue weighted by atomic mass is 10.0. The van der Waals surface area contributed by atoms with Gasteiger partial charge < -0.3 is 14.6 Å². The minimum atomic E-state index is -0.968. The fourth-order valence-corrected chi connectivity index (χ4v) is 1.64. The van der Waals surface area contributed by atoms with Crippen LogP contribution in [0, 0.1) is 0 Å². The van der Waals surface area contributed by atoms with Gasteiger partial charge in [0.15, 0.2) is 0 Å². The average molecular weight is 194 g/mol. The van der Waals surface area contributed by atoms with E-state index in [0.717, 1.165) is 11.1 Å². The van der Waals surface area contributed by atoms with Gasteiger partial charge in [-0.1, -0.05) is 6.07 Å². The highest BCUT2D eigenvalue weighted by Crippen LogP contribution is 2.30. The molecule has 14 heavy (non-hydrogen) atoms. The number of carboxylic acids is 1. The Kier molecular flexibility index (Phi) is 2.13. The summed E-state index contributed by atoms with van der Waals surface area (Å²) in [6.45, 7) is 0.841. The van der Waals surface area contributed by atoms with Gasteiger partial charge in [-0.15, -0.1) is 0 Å². The van der Waals surface area contributed by atoms with Gasteiger partial charge in [0.25, 0.3) is 0 Å². The number of hydrogen-bond donors (Lipinski definition) is 1. The Morgan fingerprint density at radius 3 is 2.93 bits per heavy atom. The monoisotopic (exact) mass is 194 g/mol. The van der Waals surface area contributed by atoms with Crippen molar-refractivity contribution in [2.75, 3.05) is 7.11 Å². The number of benzene rings is 1. The molecule has 0 amide bonds. The molecule has 0 atom stereocenters.